The van der Waals surface area contributed by atoms with Crippen molar-refractivity contribution in [1.29, 1.82) is 0 Å². The van der Waals surface area contributed by atoms with Gasteiger partial charge in [-0.25, -0.2) is 0 Å². The van der Waals surface area contributed by atoms with Crippen LogP contribution < -0.4 is 0 Å². The van der Waals surface area contributed by atoms with Gasteiger partial charge in [-0.2, -0.15) is 0 Å². The van der Waals surface area contributed by atoms with Gasteiger partial charge in [0.05, 0.1) is 5.60 Å². The number of hydrogen-bond acceptors (Lipinski definition) is 3. The SMILES string of the molecule is Oc1ccc(CC2(O)CC2)c(O)c1. The fraction of sp³-hybridized carbons (Fsp3) is 0.400. The van der Waals surface area contributed by atoms with E-state index >= 15 is 0 Å². The van der Waals surface area contributed by atoms with Gasteiger partial charge in [0.15, 0.2) is 0 Å². The predicted molar refractivity (Wildman–Crippen MR) is 47.7 cm³/mol. The Bertz CT molecular complexity index is 329. The van der Waals surface area contributed by atoms with E-state index in [9.17, 15) is 10.2 Å². The second-order valence-corrected chi connectivity index (χ2v) is 3.71. The molecule has 1 aromatic carbocycles. The van der Waals surface area contributed by atoms with Crippen LogP contribution in [0.5, 0.6) is 11.5 Å². The first-order valence-corrected chi connectivity index (χ1v) is 4.32. The molecule has 1 aliphatic rings. The molecule has 0 saturated heterocycles. The van der Waals surface area contributed by atoms with E-state index in [0.717, 1.165) is 12.8 Å². The highest BCUT2D eigenvalue weighted by Crippen LogP contribution is 2.40. The molecule has 0 unspecified atom stereocenters. The van der Waals surface area contributed by atoms with Gasteiger partial charge in [-0.05, 0) is 24.5 Å². The Balaban J connectivity index is 2.20. The van der Waals surface area contributed by atoms with Crippen LogP contribution in [-0.4, -0.2) is 20.9 Å². The van der Waals surface area contributed by atoms with Crippen molar-refractivity contribution in [3.63, 3.8) is 0 Å². The standard InChI is InChI=1S/C10H12O3/c11-8-2-1-7(9(12)5-8)6-10(13)3-4-10/h1-2,5,11-13H,3-4,6H2. The molecule has 2 rings (SSSR count). The molecule has 3 nitrogen and oxygen atoms in total. The van der Waals surface area contributed by atoms with E-state index in [-0.39, 0.29) is 11.5 Å². The molecule has 0 atom stereocenters. The predicted octanol–water partition coefficient (Wildman–Crippen LogP) is 1.17. The van der Waals surface area contributed by atoms with Gasteiger partial charge in [0, 0.05) is 12.5 Å². The first kappa shape index (κ1) is 8.38. The Hall–Kier alpha value is -1.22. The summed E-state index contributed by atoms with van der Waals surface area (Å²) in [5.41, 5.74) is 0.0897. The minimum Gasteiger partial charge on any atom is -0.508 e. The zero-order chi connectivity index (χ0) is 9.47. The monoisotopic (exact) mass is 180 g/mol. The maximum Gasteiger partial charge on any atom is 0.122 e. The molecule has 70 valence electrons. The molecule has 0 amide bonds. The van der Waals surface area contributed by atoms with Gasteiger partial charge in [0.2, 0.25) is 0 Å². The zero-order valence-electron chi connectivity index (χ0n) is 7.20. The van der Waals surface area contributed by atoms with E-state index in [0.29, 0.717) is 12.0 Å². The average molecular weight is 180 g/mol. The van der Waals surface area contributed by atoms with E-state index in [1.165, 1.54) is 12.1 Å². The lowest BCUT2D eigenvalue weighted by molar-refractivity contribution is 0.150. The number of phenolic OH excluding ortho intramolecular Hbond substituents is 2. The second kappa shape index (κ2) is 2.64. The first-order chi connectivity index (χ1) is 6.09. The highest BCUT2D eigenvalue weighted by atomic mass is 16.3. The Kier molecular flexibility index (Phi) is 1.70. The Morgan fingerprint density at radius 1 is 1.23 bits per heavy atom. The van der Waals surface area contributed by atoms with Crippen LogP contribution in [0.3, 0.4) is 0 Å². The van der Waals surface area contributed by atoms with Crippen molar-refractivity contribution in [3.8, 4) is 11.5 Å². The Morgan fingerprint density at radius 3 is 2.46 bits per heavy atom. The maximum absolute atomic E-state index is 9.60. The molecule has 13 heavy (non-hydrogen) atoms. The summed E-state index contributed by atoms with van der Waals surface area (Å²) in [4.78, 5) is 0. The molecule has 0 spiro atoms. The van der Waals surface area contributed by atoms with Crippen molar-refractivity contribution in [2.24, 2.45) is 0 Å². The van der Waals surface area contributed by atoms with E-state index < -0.39 is 5.60 Å². The Labute approximate surface area is 76.3 Å². The fourth-order valence-corrected chi connectivity index (χ4v) is 1.38. The van der Waals surface area contributed by atoms with Crippen LogP contribution in [0.4, 0.5) is 0 Å². The third kappa shape index (κ3) is 1.75. The molecular formula is C10H12O3. The van der Waals surface area contributed by atoms with Gasteiger partial charge in [-0.1, -0.05) is 6.07 Å². The highest BCUT2D eigenvalue weighted by molar-refractivity contribution is 5.40. The van der Waals surface area contributed by atoms with Crippen LogP contribution in [0.1, 0.15) is 18.4 Å². The van der Waals surface area contributed by atoms with Crippen molar-refractivity contribution in [2.75, 3.05) is 0 Å². The number of phenols is 2. The first-order valence-electron chi connectivity index (χ1n) is 4.32. The molecule has 1 fully saturated rings. The van der Waals surface area contributed by atoms with E-state index in [1.807, 2.05) is 0 Å². The molecule has 1 aliphatic carbocycles. The number of rotatable bonds is 2. The van der Waals surface area contributed by atoms with E-state index in [1.54, 1.807) is 6.07 Å². The van der Waals surface area contributed by atoms with Gasteiger partial charge >= 0.3 is 0 Å². The second-order valence-electron chi connectivity index (χ2n) is 3.71. The van der Waals surface area contributed by atoms with Crippen molar-refractivity contribution in [1.82, 2.24) is 0 Å². The summed E-state index contributed by atoms with van der Waals surface area (Å²) in [6.45, 7) is 0. The molecule has 0 heterocycles. The summed E-state index contributed by atoms with van der Waals surface area (Å²) in [6.07, 6.45) is 2.07. The largest absolute Gasteiger partial charge is 0.508 e. The van der Waals surface area contributed by atoms with Crippen LogP contribution in [0.2, 0.25) is 0 Å². The molecule has 0 radical (unpaired) electrons. The van der Waals surface area contributed by atoms with Crippen molar-refractivity contribution >= 4 is 0 Å². The summed E-state index contributed by atoms with van der Waals surface area (Å²) in [5, 5.41) is 28.0. The molecule has 0 aliphatic heterocycles. The van der Waals surface area contributed by atoms with Crippen molar-refractivity contribution in [2.45, 2.75) is 24.9 Å². The molecular weight excluding hydrogens is 168 g/mol. The molecule has 3 heteroatoms. The number of hydrogen-bond donors (Lipinski definition) is 3. The summed E-state index contributed by atoms with van der Waals surface area (Å²) in [6, 6.07) is 4.45. The molecule has 0 aromatic heterocycles. The molecule has 3 N–H and O–H groups in total. The van der Waals surface area contributed by atoms with Gasteiger partial charge in [0.1, 0.15) is 11.5 Å². The minimum atomic E-state index is -0.603. The van der Waals surface area contributed by atoms with Crippen LogP contribution in [0.15, 0.2) is 18.2 Å². The smallest absolute Gasteiger partial charge is 0.122 e. The summed E-state index contributed by atoms with van der Waals surface area (Å²) >= 11 is 0. The van der Waals surface area contributed by atoms with Crippen molar-refractivity contribution < 1.29 is 15.3 Å². The molecule has 1 saturated carbocycles. The van der Waals surface area contributed by atoms with Gasteiger partial charge in [0.25, 0.3) is 0 Å². The highest BCUT2D eigenvalue weighted by Gasteiger charge is 2.40. The van der Waals surface area contributed by atoms with Crippen LogP contribution >= 0.6 is 0 Å². The normalized spacial score (nSPS) is 18.5. The fourth-order valence-electron chi connectivity index (χ4n) is 1.38. The Morgan fingerprint density at radius 2 is 1.92 bits per heavy atom. The topological polar surface area (TPSA) is 60.7 Å². The number of aromatic hydroxyl groups is 2. The lowest BCUT2D eigenvalue weighted by atomic mass is 10.1. The maximum atomic E-state index is 9.60. The van der Waals surface area contributed by atoms with E-state index in [4.69, 9.17) is 5.11 Å². The summed E-state index contributed by atoms with van der Waals surface area (Å²) < 4.78 is 0. The molecule has 0 bridgehead atoms. The summed E-state index contributed by atoms with van der Waals surface area (Å²) in [7, 11) is 0. The van der Waals surface area contributed by atoms with E-state index in [2.05, 4.69) is 0 Å². The molecule has 1 aromatic rings. The van der Waals surface area contributed by atoms with Gasteiger partial charge in [-0.15, -0.1) is 0 Å². The lowest BCUT2D eigenvalue weighted by Gasteiger charge is -2.09. The third-order valence-corrected chi connectivity index (χ3v) is 2.42. The van der Waals surface area contributed by atoms with Crippen molar-refractivity contribution in [3.05, 3.63) is 23.8 Å². The summed E-state index contributed by atoms with van der Waals surface area (Å²) in [5.74, 6) is 0.101. The van der Waals surface area contributed by atoms with Crippen LogP contribution in [-0.2, 0) is 6.42 Å². The zero-order valence-corrected chi connectivity index (χ0v) is 7.20. The van der Waals surface area contributed by atoms with Gasteiger partial charge in [-0.3, -0.25) is 0 Å². The van der Waals surface area contributed by atoms with Gasteiger partial charge < -0.3 is 15.3 Å². The third-order valence-electron chi connectivity index (χ3n) is 2.42. The quantitative estimate of drug-likeness (QED) is 0.640. The van der Waals surface area contributed by atoms with Crippen LogP contribution in [0.25, 0.3) is 0 Å². The average Bonchev–Trinajstić information content (AvgIpc) is 2.75. The van der Waals surface area contributed by atoms with Crippen LogP contribution in [0, 0.1) is 0 Å². The minimum absolute atomic E-state index is 0.0454. The lowest BCUT2D eigenvalue weighted by Crippen LogP contribution is -2.10. The number of benzene rings is 1. The number of aliphatic hydroxyl groups is 1.